The van der Waals surface area contributed by atoms with E-state index in [1.165, 1.54) is 76.5 Å². The van der Waals surface area contributed by atoms with Crippen LogP contribution in [0.5, 0.6) is 0 Å². The Kier molecular flexibility index (Phi) is 8.00. The number of fused-ring (bicyclic) bond motifs is 8. The van der Waals surface area contributed by atoms with E-state index in [0.29, 0.717) is 0 Å². The van der Waals surface area contributed by atoms with Crippen LogP contribution in [0.1, 0.15) is 18.4 Å². The summed E-state index contributed by atoms with van der Waals surface area (Å²) in [6.45, 7) is 0. The van der Waals surface area contributed by atoms with Crippen molar-refractivity contribution in [1.82, 2.24) is 4.98 Å². The molecule has 0 bridgehead atoms. The molecule has 2 nitrogen and oxygen atoms in total. The monoisotopic (exact) mass is 726 g/mol. The van der Waals surface area contributed by atoms with Crippen molar-refractivity contribution < 1.29 is 0 Å². The Morgan fingerprint density at radius 2 is 1.12 bits per heavy atom. The van der Waals surface area contributed by atoms with Gasteiger partial charge in [-0.1, -0.05) is 164 Å². The maximum Gasteiger partial charge on any atom is 0.138 e. The number of pyridine rings is 1. The van der Waals surface area contributed by atoms with Crippen molar-refractivity contribution in [3.8, 4) is 22.3 Å². The van der Waals surface area contributed by atoms with Crippen LogP contribution in [0.2, 0.25) is 0 Å². The zero-order chi connectivity index (χ0) is 37.7. The molecule has 1 aliphatic carbocycles. The van der Waals surface area contributed by atoms with Gasteiger partial charge in [-0.2, -0.15) is 0 Å². The Balaban J connectivity index is 1.28. The second-order valence-corrected chi connectivity index (χ2v) is 14.9. The quantitative estimate of drug-likeness (QED) is 0.159. The van der Waals surface area contributed by atoms with Gasteiger partial charge in [-0.15, -0.1) is 0 Å². The molecule has 0 fully saturated rings. The van der Waals surface area contributed by atoms with Gasteiger partial charge in [0.25, 0.3) is 0 Å². The van der Waals surface area contributed by atoms with Crippen molar-refractivity contribution in [2.75, 3.05) is 4.90 Å². The second-order valence-electron chi connectivity index (χ2n) is 14.9. The highest BCUT2D eigenvalue weighted by Crippen LogP contribution is 2.50. The summed E-state index contributed by atoms with van der Waals surface area (Å²) in [5.74, 6) is 0.879. The fraction of sp³-hybridized carbons (Fsp3) is 0.0364. The first-order chi connectivity index (χ1) is 28.3. The summed E-state index contributed by atoms with van der Waals surface area (Å²) in [7, 11) is 0. The van der Waals surface area contributed by atoms with Crippen LogP contribution in [0, 0.1) is 0 Å². The standard InChI is InChI=1S/C55H38N2/c1-4-17-38(18-5-1)47-36-48(39-19-6-2-7-20-39)54-45-28-14-13-27-44(45)49-35-42(32-33-46(49)55(54)53(47)41-23-8-3-9-24-41)57(51-30-16-25-37-21-10-12-26-43(37)51)52-34-31-40-22-11-15-29-50(40)56-52/h2-4,6-36H,1,5H2. The molecule has 0 atom stereocenters. The lowest BCUT2D eigenvalue weighted by Crippen LogP contribution is -2.12. The van der Waals surface area contributed by atoms with Crippen LogP contribution in [-0.2, 0) is 0 Å². The molecule has 1 aliphatic rings. The number of hydrogen-bond acceptors (Lipinski definition) is 2. The fourth-order valence-electron chi connectivity index (χ4n) is 9.05. The number of para-hydroxylation sites is 1. The van der Waals surface area contributed by atoms with Crippen LogP contribution < -0.4 is 4.90 Å². The van der Waals surface area contributed by atoms with E-state index < -0.39 is 0 Å². The van der Waals surface area contributed by atoms with Crippen molar-refractivity contribution >= 4 is 76.8 Å². The number of allylic oxidation sites excluding steroid dienone is 4. The molecule has 0 saturated heterocycles. The summed E-state index contributed by atoms with van der Waals surface area (Å²) >= 11 is 0. The minimum atomic E-state index is 0.879. The third kappa shape index (κ3) is 5.60. The molecule has 57 heavy (non-hydrogen) atoms. The van der Waals surface area contributed by atoms with Crippen LogP contribution in [0.15, 0.2) is 206 Å². The highest BCUT2D eigenvalue weighted by molar-refractivity contribution is 6.33. The van der Waals surface area contributed by atoms with Gasteiger partial charge in [0.1, 0.15) is 5.82 Å². The fourth-order valence-corrected chi connectivity index (χ4v) is 9.05. The van der Waals surface area contributed by atoms with E-state index >= 15 is 0 Å². The van der Waals surface area contributed by atoms with Crippen molar-refractivity contribution in [3.63, 3.8) is 0 Å². The largest absolute Gasteiger partial charge is 0.294 e. The molecule has 1 aromatic heterocycles. The summed E-state index contributed by atoms with van der Waals surface area (Å²) in [5.41, 5.74) is 10.6. The molecule has 0 aliphatic heterocycles. The summed E-state index contributed by atoms with van der Waals surface area (Å²) < 4.78 is 0. The minimum absolute atomic E-state index is 0.879. The summed E-state index contributed by atoms with van der Waals surface area (Å²) in [5, 5.41) is 11.0. The van der Waals surface area contributed by atoms with E-state index in [1.807, 2.05) is 0 Å². The van der Waals surface area contributed by atoms with Gasteiger partial charge in [-0.3, -0.25) is 4.90 Å². The van der Waals surface area contributed by atoms with E-state index in [-0.39, 0.29) is 0 Å². The lowest BCUT2D eigenvalue weighted by atomic mass is 9.80. The average molecular weight is 727 g/mol. The molecule has 9 aromatic carbocycles. The Morgan fingerprint density at radius 3 is 1.93 bits per heavy atom. The Hall–Kier alpha value is -7.29. The number of aromatic nitrogens is 1. The van der Waals surface area contributed by atoms with Crippen LogP contribution in [0.3, 0.4) is 0 Å². The van der Waals surface area contributed by atoms with Crippen LogP contribution in [0.4, 0.5) is 17.2 Å². The molecule has 0 unspecified atom stereocenters. The minimum Gasteiger partial charge on any atom is -0.294 e. The summed E-state index contributed by atoms with van der Waals surface area (Å²) in [4.78, 5) is 7.65. The van der Waals surface area contributed by atoms with E-state index in [1.54, 1.807) is 0 Å². The predicted octanol–water partition coefficient (Wildman–Crippen LogP) is 15.4. The number of benzene rings is 9. The van der Waals surface area contributed by atoms with Gasteiger partial charge < -0.3 is 0 Å². The molecule has 1 heterocycles. The maximum absolute atomic E-state index is 5.30. The third-order valence-corrected chi connectivity index (χ3v) is 11.6. The molecular formula is C55H38N2. The second kappa shape index (κ2) is 13.8. The molecule has 2 heteroatoms. The van der Waals surface area contributed by atoms with Crippen LogP contribution in [0.25, 0.3) is 81.8 Å². The first kappa shape index (κ1) is 33.1. The molecule has 0 spiro atoms. The van der Waals surface area contributed by atoms with E-state index in [4.69, 9.17) is 4.98 Å². The third-order valence-electron chi connectivity index (χ3n) is 11.6. The van der Waals surface area contributed by atoms with Gasteiger partial charge >= 0.3 is 0 Å². The number of hydrogen-bond donors (Lipinski definition) is 0. The number of anilines is 3. The zero-order valence-electron chi connectivity index (χ0n) is 31.4. The average Bonchev–Trinajstić information content (AvgIpc) is 3.29. The molecule has 0 saturated carbocycles. The normalized spacial score (nSPS) is 12.8. The van der Waals surface area contributed by atoms with Gasteiger partial charge in [-0.25, -0.2) is 4.98 Å². The molecular weight excluding hydrogens is 689 g/mol. The molecule has 0 radical (unpaired) electrons. The Bertz CT molecular complexity index is 3230. The van der Waals surface area contributed by atoms with Crippen molar-refractivity contribution in [2.45, 2.75) is 12.8 Å². The van der Waals surface area contributed by atoms with Crippen molar-refractivity contribution in [1.29, 1.82) is 0 Å². The highest BCUT2D eigenvalue weighted by atomic mass is 15.2. The van der Waals surface area contributed by atoms with Gasteiger partial charge in [0.15, 0.2) is 0 Å². The van der Waals surface area contributed by atoms with Crippen molar-refractivity contribution in [2.24, 2.45) is 0 Å². The maximum atomic E-state index is 5.30. The van der Waals surface area contributed by atoms with Gasteiger partial charge in [-0.05, 0) is 126 Å². The van der Waals surface area contributed by atoms with Gasteiger partial charge in [0.2, 0.25) is 0 Å². The van der Waals surface area contributed by atoms with Crippen LogP contribution in [-0.4, -0.2) is 4.98 Å². The lowest BCUT2D eigenvalue weighted by Gasteiger charge is -2.27. The Labute approximate surface area is 332 Å². The molecule has 10 aromatic rings. The number of rotatable bonds is 6. The molecule has 0 amide bonds. The van der Waals surface area contributed by atoms with Crippen molar-refractivity contribution in [3.05, 3.63) is 212 Å². The zero-order valence-corrected chi connectivity index (χ0v) is 31.4. The Morgan fingerprint density at radius 1 is 0.439 bits per heavy atom. The van der Waals surface area contributed by atoms with Gasteiger partial charge in [0.05, 0.1) is 11.2 Å². The highest BCUT2D eigenvalue weighted by Gasteiger charge is 2.24. The lowest BCUT2D eigenvalue weighted by molar-refractivity contribution is 1.04. The molecule has 268 valence electrons. The molecule has 11 rings (SSSR count). The summed E-state index contributed by atoms with van der Waals surface area (Å²) in [6.07, 6.45) is 9.17. The number of nitrogens with zero attached hydrogens (tertiary/aromatic N) is 2. The van der Waals surface area contributed by atoms with E-state index in [0.717, 1.165) is 40.9 Å². The topological polar surface area (TPSA) is 16.1 Å². The smallest absolute Gasteiger partial charge is 0.138 e. The predicted molar refractivity (Wildman–Crippen MR) is 244 cm³/mol. The first-order valence-corrected chi connectivity index (χ1v) is 19.9. The summed E-state index contributed by atoms with van der Waals surface area (Å²) in [6, 6.07) is 68.4. The van der Waals surface area contributed by atoms with E-state index in [2.05, 4.69) is 211 Å². The molecule has 0 N–H and O–H groups in total. The SMILES string of the molecule is C1=CC(c2cc(-c3ccccc3)c3c4ccccc4c4cc(N(c5ccc6ccccc6n5)c5cccc6ccccc56)ccc4c3c2-c2ccccc2)=CCC1. The van der Waals surface area contributed by atoms with E-state index in [9.17, 15) is 0 Å². The van der Waals surface area contributed by atoms with Gasteiger partial charge in [0, 0.05) is 16.5 Å². The first-order valence-electron chi connectivity index (χ1n) is 19.9. The van der Waals surface area contributed by atoms with Crippen LogP contribution >= 0.6 is 0 Å².